The fourth-order valence-corrected chi connectivity index (χ4v) is 1.18. The van der Waals surface area contributed by atoms with Crippen molar-refractivity contribution in [1.82, 2.24) is 0 Å². The quantitative estimate of drug-likeness (QED) is 0.475. The Morgan fingerprint density at radius 2 is 1.38 bits per heavy atom. The van der Waals surface area contributed by atoms with Crippen LogP contribution in [0.25, 0.3) is 0 Å². The van der Waals surface area contributed by atoms with Crippen LogP contribution in [0.1, 0.15) is 38.5 Å². The van der Waals surface area contributed by atoms with Gasteiger partial charge in [0.05, 0.1) is 0 Å². The van der Waals surface area contributed by atoms with Crippen LogP contribution < -0.4 is 5.73 Å². The Kier molecular flexibility index (Phi) is 2.34. The molecule has 0 heterocycles. The van der Waals surface area contributed by atoms with Crippen molar-refractivity contribution >= 4 is 0 Å². The van der Waals surface area contributed by atoms with Gasteiger partial charge in [-0.15, -0.1) is 0 Å². The fourth-order valence-electron chi connectivity index (χ4n) is 1.18. The first-order valence-electron chi connectivity index (χ1n) is 3.50. The summed E-state index contributed by atoms with van der Waals surface area (Å²) in [7, 11) is 0. The second kappa shape index (κ2) is 3.08. The Labute approximate surface area is 51.3 Å². The summed E-state index contributed by atoms with van der Waals surface area (Å²) in [6, 6.07) is 1.22. The number of hydrogen-bond acceptors (Lipinski definition) is 1. The predicted octanol–water partition coefficient (Wildman–Crippen LogP) is 1.83. The van der Waals surface area contributed by atoms with Crippen LogP contribution in [0.4, 0.5) is 0 Å². The van der Waals surface area contributed by atoms with E-state index in [1.165, 1.54) is 44.6 Å². The van der Waals surface area contributed by atoms with Gasteiger partial charge in [-0.3, -0.25) is 0 Å². The first kappa shape index (κ1) is 6.09. The standard InChI is InChI=1S/C7H14N/c8-7-5-3-1-2-4-6-7/h1-6,8H2. The first-order valence-corrected chi connectivity index (χ1v) is 3.50. The molecule has 1 nitrogen and oxygen atoms in total. The highest BCUT2D eigenvalue weighted by Gasteiger charge is 2.06. The molecule has 0 aliphatic heterocycles. The maximum Gasteiger partial charge on any atom is 0.0336 e. The van der Waals surface area contributed by atoms with E-state index < -0.39 is 0 Å². The zero-order valence-corrected chi connectivity index (χ0v) is 5.32. The zero-order valence-electron chi connectivity index (χ0n) is 5.32. The van der Waals surface area contributed by atoms with E-state index in [1.54, 1.807) is 0 Å². The van der Waals surface area contributed by atoms with Crippen LogP contribution >= 0.6 is 0 Å². The lowest BCUT2D eigenvalue weighted by Crippen LogP contribution is -2.06. The summed E-state index contributed by atoms with van der Waals surface area (Å²) in [4.78, 5) is 0. The Morgan fingerprint density at radius 3 is 1.88 bits per heavy atom. The highest BCUT2D eigenvalue weighted by molar-refractivity contribution is 4.83. The Hall–Kier alpha value is -0.0400. The normalized spacial score (nSPS) is 25.1. The molecule has 0 saturated heterocycles. The van der Waals surface area contributed by atoms with Crippen molar-refractivity contribution < 1.29 is 0 Å². The number of nitrogens with two attached hydrogens (primary N) is 1. The van der Waals surface area contributed by atoms with Gasteiger partial charge in [0.2, 0.25) is 0 Å². The van der Waals surface area contributed by atoms with Gasteiger partial charge in [-0.2, -0.15) is 0 Å². The Balaban J connectivity index is 2.17. The van der Waals surface area contributed by atoms with Gasteiger partial charge in [0.15, 0.2) is 0 Å². The second-order valence-corrected chi connectivity index (χ2v) is 2.57. The minimum atomic E-state index is 1.18. The third-order valence-electron chi connectivity index (χ3n) is 1.75. The first-order chi connectivity index (χ1) is 3.89. The van der Waals surface area contributed by atoms with E-state index in [1.807, 2.05) is 0 Å². The summed E-state index contributed by atoms with van der Waals surface area (Å²) in [5.74, 6) is 0. The lowest BCUT2D eigenvalue weighted by molar-refractivity contribution is 0.702. The Bertz CT molecular complexity index is 53.4. The van der Waals surface area contributed by atoms with E-state index >= 15 is 0 Å². The van der Waals surface area contributed by atoms with Crippen molar-refractivity contribution in [1.29, 1.82) is 0 Å². The third-order valence-corrected chi connectivity index (χ3v) is 1.75. The number of hydrogen-bond donors (Lipinski definition) is 1. The molecule has 0 aromatic rings. The summed E-state index contributed by atoms with van der Waals surface area (Å²) < 4.78 is 0. The highest BCUT2D eigenvalue weighted by Crippen LogP contribution is 2.19. The van der Waals surface area contributed by atoms with Crippen LogP contribution in [0.15, 0.2) is 0 Å². The predicted molar refractivity (Wildman–Crippen MR) is 35.1 cm³/mol. The molecule has 0 aromatic heterocycles. The van der Waals surface area contributed by atoms with Crippen LogP contribution in [0.3, 0.4) is 0 Å². The molecule has 1 saturated carbocycles. The van der Waals surface area contributed by atoms with Gasteiger partial charge in [-0.05, 0) is 12.8 Å². The minimum Gasteiger partial charge on any atom is -0.324 e. The summed E-state index contributed by atoms with van der Waals surface area (Å²) in [6.07, 6.45) is 7.79. The van der Waals surface area contributed by atoms with Crippen LogP contribution in [0, 0.1) is 6.04 Å². The van der Waals surface area contributed by atoms with Crippen molar-refractivity contribution in [3.8, 4) is 0 Å². The van der Waals surface area contributed by atoms with Gasteiger partial charge in [0.25, 0.3) is 0 Å². The molecule has 1 heteroatoms. The van der Waals surface area contributed by atoms with Crippen molar-refractivity contribution in [3.05, 3.63) is 6.04 Å². The molecule has 0 aromatic carbocycles. The minimum absolute atomic E-state index is 1.18. The van der Waals surface area contributed by atoms with Gasteiger partial charge in [-0.1, -0.05) is 25.7 Å². The summed E-state index contributed by atoms with van der Waals surface area (Å²) in [5.41, 5.74) is 5.65. The molecular formula is C7H14N. The van der Waals surface area contributed by atoms with E-state index in [-0.39, 0.29) is 0 Å². The van der Waals surface area contributed by atoms with E-state index in [2.05, 4.69) is 0 Å². The van der Waals surface area contributed by atoms with Crippen LogP contribution in [-0.4, -0.2) is 0 Å². The van der Waals surface area contributed by atoms with Gasteiger partial charge >= 0.3 is 0 Å². The average Bonchev–Trinajstić information content (AvgIpc) is 1.94. The second-order valence-electron chi connectivity index (χ2n) is 2.57. The molecule has 1 radical (unpaired) electrons. The topological polar surface area (TPSA) is 26.0 Å². The lowest BCUT2D eigenvalue weighted by atomic mass is 10.1. The van der Waals surface area contributed by atoms with Crippen LogP contribution in [0.2, 0.25) is 0 Å². The van der Waals surface area contributed by atoms with Gasteiger partial charge in [-0.25, -0.2) is 0 Å². The van der Waals surface area contributed by atoms with Crippen LogP contribution in [-0.2, 0) is 0 Å². The van der Waals surface area contributed by atoms with Gasteiger partial charge in [0.1, 0.15) is 0 Å². The molecule has 1 rings (SSSR count). The van der Waals surface area contributed by atoms with E-state index in [4.69, 9.17) is 5.73 Å². The van der Waals surface area contributed by atoms with Gasteiger partial charge < -0.3 is 5.73 Å². The number of rotatable bonds is 0. The molecule has 0 bridgehead atoms. The smallest absolute Gasteiger partial charge is 0.0336 e. The monoisotopic (exact) mass is 112 g/mol. The molecule has 2 N–H and O–H groups in total. The summed E-state index contributed by atoms with van der Waals surface area (Å²) in [6.45, 7) is 0. The van der Waals surface area contributed by atoms with E-state index in [0.29, 0.717) is 0 Å². The highest BCUT2D eigenvalue weighted by atomic mass is 14.6. The molecule has 0 spiro atoms. The van der Waals surface area contributed by atoms with Crippen molar-refractivity contribution in [2.75, 3.05) is 0 Å². The van der Waals surface area contributed by atoms with Crippen molar-refractivity contribution in [2.24, 2.45) is 5.73 Å². The fraction of sp³-hybridized carbons (Fsp3) is 0.857. The molecule has 0 atom stereocenters. The molecule has 1 aliphatic rings. The van der Waals surface area contributed by atoms with E-state index in [0.717, 1.165) is 0 Å². The molecule has 1 fully saturated rings. The largest absolute Gasteiger partial charge is 0.324 e. The van der Waals surface area contributed by atoms with Crippen molar-refractivity contribution in [3.63, 3.8) is 0 Å². The van der Waals surface area contributed by atoms with Crippen LogP contribution in [0.5, 0.6) is 0 Å². The third kappa shape index (κ3) is 1.83. The zero-order chi connectivity index (χ0) is 5.82. The van der Waals surface area contributed by atoms with E-state index in [9.17, 15) is 0 Å². The molecular weight excluding hydrogens is 98.1 g/mol. The summed E-state index contributed by atoms with van der Waals surface area (Å²) >= 11 is 0. The lowest BCUT2D eigenvalue weighted by Gasteiger charge is -2.02. The van der Waals surface area contributed by atoms with Crippen molar-refractivity contribution in [2.45, 2.75) is 38.5 Å². The molecule has 8 heavy (non-hydrogen) atoms. The molecule has 0 unspecified atom stereocenters. The van der Waals surface area contributed by atoms with Gasteiger partial charge in [0, 0.05) is 6.04 Å². The maximum atomic E-state index is 5.65. The molecule has 1 aliphatic carbocycles. The average molecular weight is 112 g/mol. The molecule has 47 valence electrons. The summed E-state index contributed by atoms with van der Waals surface area (Å²) in [5, 5.41) is 0. The molecule has 0 amide bonds. The Morgan fingerprint density at radius 1 is 0.875 bits per heavy atom. The SMILES string of the molecule is N[C]1CCCCCC1. The maximum absolute atomic E-state index is 5.65.